The predicted molar refractivity (Wildman–Crippen MR) is 87.0 cm³/mol. The molecule has 1 heterocycles. The van der Waals surface area contributed by atoms with Gasteiger partial charge in [0.15, 0.2) is 22.4 Å². The number of benzene rings is 1. The van der Waals surface area contributed by atoms with Crippen LogP contribution in [0.4, 0.5) is 0 Å². The van der Waals surface area contributed by atoms with Crippen molar-refractivity contribution in [2.24, 2.45) is 0 Å². The van der Waals surface area contributed by atoms with E-state index >= 15 is 0 Å². The Balaban J connectivity index is 2.05. The molecule has 5 nitrogen and oxygen atoms in total. The van der Waals surface area contributed by atoms with Gasteiger partial charge in [0.1, 0.15) is 0 Å². The van der Waals surface area contributed by atoms with Crippen LogP contribution in [-0.2, 0) is 4.79 Å². The van der Waals surface area contributed by atoms with E-state index in [4.69, 9.17) is 21.7 Å². The number of hydrogen-bond donors (Lipinski definition) is 2. The molecule has 0 radical (unpaired) electrons. The van der Waals surface area contributed by atoms with Crippen LogP contribution in [0.1, 0.15) is 30.9 Å². The van der Waals surface area contributed by atoms with Gasteiger partial charge < -0.3 is 20.1 Å². The van der Waals surface area contributed by atoms with Gasteiger partial charge in [0.2, 0.25) is 0 Å². The molecule has 0 aromatic heterocycles. The van der Waals surface area contributed by atoms with E-state index in [2.05, 4.69) is 10.6 Å². The zero-order valence-corrected chi connectivity index (χ0v) is 13.4. The Hall–Kier alpha value is -2.08. The number of nitrogens with one attached hydrogen (secondary N) is 2. The van der Waals surface area contributed by atoms with E-state index in [1.54, 1.807) is 14.2 Å². The number of thiocarbonyl (C=S) groups is 1. The Morgan fingerprint density at radius 2 is 1.95 bits per heavy atom. The number of methoxy groups -OCH3 is 2. The minimum absolute atomic E-state index is 0.170. The summed E-state index contributed by atoms with van der Waals surface area (Å²) < 4.78 is 10.6. The van der Waals surface area contributed by atoms with Crippen molar-refractivity contribution in [1.29, 1.82) is 0 Å². The van der Waals surface area contributed by atoms with E-state index in [-0.39, 0.29) is 11.8 Å². The maximum absolute atomic E-state index is 12.4. The van der Waals surface area contributed by atoms with Gasteiger partial charge in [-0.2, -0.15) is 0 Å². The highest BCUT2D eigenvalue weighted by Gasteiger charge is 2.33. The Bertz CT molecular complexity index is 669. The summed E-state index contributed by atoms with van der Waals surface area (Å²) in [6.45, 7) is 0. The van der Waals surface area contributed by atoms with Crippen molar-refractivity contribution in [2.45, 2.75) is 25.3 Å². The summed E-state index contributed by atoms with van der Waals surface area (Å²) in [7, 11) is 3.19. The van der Waals surface area contributed by atoms with Gasteiger partial charge in [0.05, 0.1) is 20.3 Å². The molecular formula is C16H18N2O3S. The molecule has 0 bridgehead atoms. The lowest BCUT2D eigenvalue weighted by Gasteiger charge is -2.34. The van der Waals surface area contributed by atoms with Crippen molar-refractivity contribution in [3.8, 4) is 11.5 Å². The van der Waals surface area contributed by atoms with E-state index in [0.29, 0.717) is 23.0 Å². The Morgan fingerprint density at radius 1 is 1.18 bits per heavy atom. The molecule has 2 aliphatic rings. The lowest BCUT2D eigenvalue weighted by Crippen LogP contribution is -2.46. The first kappa shape index (κ1) is 14.8. The lowest BCUT2D eigenvalue weighted by molar-refractivity contribution is -0.116. The molecule has 1 aliphatic carbocycles. The fraction of sp³-hybridized carbons (Fsp3) is 0.375. The molecule has 0 fully saturated rings. The second kappa shape index (κ2) is 5.96. The van der Waals surface area contributed by atoms with Crippen LogP contribution in [0.25, 0.3) is 0 Å². The van der Waals surface area contributed by atoms with Crippen LogP contribution in [0.5, 0.6) is 11.5 Å². The van der Waals surface area contributed by atoms with Crippen molar-refractivity contribution in [2.75, 3.05) is 14.2 Å². The third kappa shape index (κ3) is 2.54. The van der Waals surface area contributed by atoms with Crippen LogP contribution in [0.3, 0.4) is 0 Å². The number of hydrogen-bond acceptors (Lipinski definition) is 4. The van der Waals surface area contributed by atoms with Crippen LogP contribution in [0, 0.1) is 0 Å². The predicted octanol–water partition coefficient (Wildman–Crippen LogP) is 2.23. The Labute approximate surface area is 134 Å². The summed E-state index contributed by atoms with van der Waals surface area (Å²) in [5.74, 6) is 1.46. The van der Waals surface area contributed by atoms with Gasteiger partial charge in [0.25, 0.3) is 0 Å². The first-order valence-electron chi connectivity index (χ1n) is 7.19. The molecule has 22 heavy (non-hydrogen) atoms. The van der Waals surface area contributed by atoms with Crippen LogP contribution < -0.4 is 20.1 Å². The van der Waals surface area contributed by atoms with E-state index in [1.165, 1.54) is 0 Å². The number of allylic oxidation sites excluding steroid dienone is 1. The smallest absolute Gasteiger partial charge is 0.171 e. The monoisotopic (exact) mass is 318 g/mol. The molecule has 1 atom stereocenters. The number of Topliss-reactive ketones (excluding diaryl/α,β-unsaturated/α-hetero) is 1. The topological polar surface area (TPSA) is 59.6 Å². The quantitative estimate of drug-likeness (QED) is 0.834. The van der Waals surface area contributed by atoms with Crippen LogP contribution >= 0.6 is 12.2 Å². The summed E-state index contributed by atoms with van der Waals surface area (Å²) >= 11 is 5.28. The molecule has 0 spiro atoms. The number of ether oxygens (including phenoxy) is 2. The van der Waals surface area contributed by atoms with Gasteiger partial charge in [-0.15, -0.1) is 0 Å². The second-order valence-electron chi connectivity index (χ2n) is 5.31. The second-order valence-corrected chi connectivity index (χ2v) is 5.72. The maximum atomic E-state index is 12.4. The molecule has 116 valence electrons. The minimum atomic E-state index is -0.239. The van der Waals surface area contributed by atoms with E-state index in [0.717, 1.165) is 29.7 Å². The molecule has 2 N–H and O–H groups in total. The molecule has 1 aromatic rings. The van der Waals surface area contributed by atoms with Crippen LogP contribution in [-0.4, -0.2) is 25.1 Å². The van der Waals surface area contributed by atoms with Gasteiger partial charge in [-0.1, -0.05) is 6.07 Å². The van der Waals surface area contributed by atoms with Crippen molar-refractivity contribution in [3.63, 3.8) is 0 Å². The van der Waals surface area contributed by atoms with Crippen molar-refractivity contribution in [1.82, 2.24) is 10.6 Å². The fourth-order valence-corrected chi connectivity index (χ4v) is 3.23. The zero-order chi connectivity index (χ0) is 15.7. The average molecular weight is 318 g/mol. The number of carbonyl (C=O) groups is 1. The molecule has 1 unspecified atom stereocenters. The molecule has 1 aliphatic heterocycles. The normalized spacial score (nSPS) is 20.9. The Morgan fingerprint density at radius 3 is 2.68 bits per heavy atom. The molecule has 0 saturated carbocycles. The first-order valence-corrected chi connectivity index (χ1v) is 7.60. The average Bonchev–Trinajstić information content (AvgIpc) is 2.53. The largest absolute Gasteiger partial charge is 0.493 e. The van der Waals surface area contributed by atoms with E-state index in [9.17, 15) is 4.79 Å². The fourth-order valence-electron chi connectivity index (χ4n) is 2.99. The third-order valence-electron chi connectivity index (χ3n) is 4.03. The molecule has 0 amide bonds. The van der Waals surface area contributed by atoms with Crippen LogP contribution in [0.2, 0.25) is 0 Å². The lowest BCUT2D eigenvalue weighted by atomic mass is 9.85. The number of carbonyl (C=O) groups excluding carboxylic acids is 1. The van der Waals surface area contributed by atoms with Crippen molar-refractivity contribution in [3.05, 3.63) is 35.0 Å². The summed E-state index contributed by atoms with van der Waals surface area (Å²) in [6.07, 6.45) is 2.30. The summed E-state index contributed by atoms with van der Waals surface area (Å²) in [6, 6.07) is 5.42. The van der Waals surface area contributed by atoms with Crippen molar-refractivity contribution < 1.29 is 14.3 Å². The van der Waals surface area contributed by atoms with Crippen molar-refractivity contribution >= 4 is 23.1 Å². The van der Waals surface area contributed by atoms with Gasteiger partial charge in [-0.25, -0.2) is 0 Å². The van der Waals surface area contributed by atoms with Gasteiger partial charge in [-0.3, -0.25) is 4.79 Å². The summed E-state index contributed by atoms with van der Waals surface area (Å²) in [5, 5.41) is 6.87. The highest BCUT2D eigenvalue weighted by atomic mass is 32.1. The molecule has 6 heteroatoms. The van der Waals surface area contributed by atoms with Gasteiger partial charge >= 0.3 is 0 Å². The highest BCUT2D eigenvalue weighted by Crippen LogP contribution is 2.36. The standard InChI is InChI=1S/C16H18N2O3S/c1-20-12-7-6-9(8-13(12)21-2)15-14-10(17-16(22)18-15)4-3-5-11(14)19/h6-8,15H,3-5H2,1-2H3,(H2,17,18,22). The zero-order valence-electron chi connectivity index (χ0n) is 12.6. The maximum Gasteiger partial charge on any atom is 0.171 e. The van der Waals surface area contributed by atoms with Gasteiger partial charge in [0, 0.05) is 17.7 Å². The molecule has 0 saturated heterocycles. The van der Waals surface area contributed by atoms with E-state index in [1.807, 2.05) is 18.2 Å². The molecule has 1 aromatic carbocycles. The molecule has 3 rings (SSSR count). The molecular weight excluding hydrogens is 300 g/mol. The minimum Gasteiger partial charge on any atom is -0.493 e. The van der Waals surface area contributed by atoms with Crippen LogP contribution in [0.15, 0.2) is 29.5 Å². The third-order valence-corrected chi connectivity index (χ3v) is 4.25. The van der Waals surface area contributed by atoms with E-state index < -0.39 is 0 Å². The highest BCUT2D eigenvalue weighted by molar-refractivity contribution is 7.80. The summed E-state index contributed by atoms with van der Waals surface area (Å²) in [5.41, 5.74) is 2.66. The summed E-state index contributed by atoms with van der Waals surface area (Å²) in [4.78, 5) is 12.4. The number of rotatable bonds is 3. The Kier molecular flexibility index (Phi) is 4.02. The first-order chi connectivity index (χ1) is 10.6. The number of ketones is 1. The van der Waals surface area contributed by atoms with Gasteiger partial charge in [-0.05, 0) is 42.8 Å². The SMILES string of the molecule is COc1ccc(C2NC(=S)NC3=C2C(=O)CCC3)cc1OC.